The van der Waals surface area contributed by atoms with Crippen LogP contribution in [-0.2, 0) is 6.42 Å². The zero-order valence-corrected chi connectivity index (χ0v) is 14.8. The highest BCUT2D eigenvalue weighted by Crippen LogP contribution is 2.23. The van der Waals surface area contributed by atoms with Gasteiger partial charge in [-0.25, -0.2) is 0 Å². The predicted molar refractivity (Wildman–Crippen MR) is 94.8 cm³/mol. The molecule has 20 heavy (non-hydrogen) atoms. The van der Waals surface area contributed by atoms with Gasteiger partial charge in [-0.15, -0.1) is 0 Å². The van der Waals surface area contributed by atoms with Crippen molar-refractivity contribution in [3.63, 3.8) is 0 Å². The van der Waals surface area contributed by atoms with Crippen LogP contribution in [0, 0.1) is 0 Å². The topological polar surface area (TPSA) is 32.5 Å². The van der Waals surface area contributed by atoms with Gasteiger partial charge < -0.3 is 15.5 Å². The maximum absolute atomic E-state index is 6.05. The Balaban J connectivity index is 0. The lowest BCUT2D eigenvalue weighted by atomic mass is 10.1. The molecule has 0 aliphatic rings. The molecule has 0 saturated carbocycles. The number of nitrogens with two attached hydrogens (primary N) is 1. The molecule has 1 aromatic carbocycles. The fourth-order valence-electron chi connectivity index (χ4n) is 1.64. The number of rotatable bonds is 5. The summed E-state index contributed by atoms with van der Waals surface area (Å²) in [6, 6.07) is 6.34. The van der Waals surface area contributed by atoms with E-state index in [0.717, 1.165) is 30.9 Å². The molecule has 0 saturated heterocycles. The fraction of sp³-hybridized carbons (Fsp3) is 0.647. The van der Waals surface area contributed by atoms with Crippen molar-refractivity contribution in [2.75, 3.05) is 44.9 Å². The van der Waals surface area contributed by atoms with Gasteiger partial charge >= 0.3 is 0 Å². The molecule has 0 amide bonds. The van der Waals surface area contributed by atoms with Gasteiger partial charge in [-0.05, 0) is 38.2 Å². The van der Waals surface area contributed by atoms with Gasteiger partial charge in [0.1, 0.15) is 0 Å². The quantitative estimate of drug-likeness (QED) is 0.831. The van der Waals surface area contributed by atoms with Crippen LogP contribution in [0.3, 0.4) is 0 Å². The van der Waals surface area contributed by atoms with Gasteiger partial charge in [0.2, 0.25) is 0 Å². The first-order chi connectivity index (χ1) is 9.54. The molecular weight excluding hydrogens is 246 g/mol. The third kappa shape index (κ3) is 8.05. The van der Waals surface area contributed by atoms with Crippen LogP contribution < -0.4 is 10.6 Å². The number of nitrogens with zero attached hydrogens (tertiary/aromatic N) is 2. The molecule has 0 bridgehead atoms. The third-order valence-corrected chi connectivity index (χ3v) is 2.79. The molecule has 1 rings (SSSR count). The van der Waals surface area contributed by atoms with Gasteiger partial charge in [0, 0.05) is 20.1 Å². The van der Waals surface area contributed by atoms with Crippen molar-refractivity contribution in [2.24, 2.45) is 0 Å². The summed E-state index contributed by atoms with van der Waals surface area (Å²) in [5.74, 6) is 0. The molecule has 0 spiro atoms. The molecule has 0 aliphatic carbocycles. The molecule has 0 heterocycles. The molecule has 1 aromatic rings. The Morgan fingerprint density at radius 1 is 0.950 bits per heavy atom. The standard InChI is InChI=1S/C13H23N3.2C2H6/c1-5-11-6-7-13(12(14)10-11)16(4)9-8-15(2)3;2*1-2/h6-7,10H,5,8-9,14H2,1-4H3;2*1-2H3. The smallest absolute Gasteiger partial charge is 0.0597 e. The third-order valence-electron chi connectivity index (χ3n) is 2.79. The minimum atomic E-state index is 0.876. The van der Waals surface area contributed by atoms with E-state index in [-0.39, 0.29) is 0 Å². The van der Waals surface area contributed by atoms with E-state index in [9.17, 15) is 0 Å². The molecule has 0 aliphatic heterocycles. The number of likely N-dealkylation sites (N-methyl/N-ethyl adjacent to an activating group) is 2. The predicted octanol–water partition coefficient (Wildman–Crippen LogP) is 3.88. The normalized spacial score (nSPS) is 9.25. The molecular formula is C17H35N3. The summed E-state index contributed by atoms with van der Waals surface area (Å²) < 4.78 is 0. The minimum Gasteiger partial charge on any atom is -0.397 e. The first kappa shape index (κ1) is 21.1. The maximum Gasteiger partial charge on any atom is 0.0597 e. The van der Waals surface area contributed by atoms with Crippen LogP contribution in [0.5, 0.6) is 0 Å². The number of hydrogen-bond acceptors (Lipinski definition) is 3. The fourth-order valence-corrected chi connectivity index (χ4v) is 1.64. The molecule has 0 unspecified atom stereocenters. The second-order valence-corrected chi connectivity index (χ2v) is 4.47. The lowest BCUT2D eigenvalue weighted by molar-refractivity contribution is 0.416. The van der Waals surface area contributed by atoms with E-state index in [1.165, 1.54) is 5.56 Å². The average Bonchev–Trinajstić information content (AvgIpc) is 2.48. The monoisotopic (exact) mass is 281 g/mol. The van der Waals surface area contributed by atoms with E-state index in [1.54, 1.807) is 0 Å². The van der Waals surface area contributed by atoms with Crippen molar-refractivity contribution < 1.29 is 0 Å². The van der Waals surface area contributed by atoms with Gasteiger partial charge in [-0.3, -0.25) is 0 Å². The second kappa shape index (κ2) is 12.8. The minimum absolute atomic E-state index is 0.876. The summed E-state index contributed by atoms with van der Waals surface area (Å²) in [5.41, 5.74) is 9.34. The summed E-state index contributed by atoms with van der Waals surface area (Å²) in [6.07, 6.45) is 1.03. The highest BCUT2D eigenvalue weighted by Gasteiger charge is 2.05. The van der Waals surface area contributed by atoms with Gasteiger partial charge in [-0.1, -0.05) is 40.7 Å². The molecule has 2 N–H and O–H groups in total. The zero-order chi connectivity index (χ0) is 16.1. The molecule has 0 aromatic heterocycles. The van der Waals surface area contributed by atoms with Crippen LogP contribution in [-0.4, -0.2) is 39.1 Å². The van der Waals surface area contributed by atoms with Crippen LogP contribution in [0.15, 0.2) is 18.2 Å². The highest BCUT2D eigenvalue weighted by atomic mass is 15.2. The lowest BCUT2D eigenvalue weighted by Crippen LogP contribution is -2.28. The Bertz CT molecular complexity index is 335. The van der Waals surface area contributed by atoms with Crippen molar-refractivity contribution >= 4 is 11.4 Å². The highest BCUT2D eigenvalue weighted by molar-refractivity contribution is 5.68. The lowest BCUT2D eigenvalue weighted by Gasteiger charge is -2.23. The average molecular weight is 281 g/mol. The van der Waals surface area contributed by atoms with E-state index in [0.29, 0.717) is 0 Å². The summed E-state index contributed by atoms with van der Waals surface area (Å²) in [5, 5.41) is 0. The summed E-state index contributed by atoms with van der Waals surface area (Å²) in [4.78, 5) is 4.38. The van der Waals surface area contributed by atoms with Crippen LogP contribution in [0.25, 0.3) is 0 Å². The molecule has 3 nitrogen and oxygen atoms in total. The number of nitrogen functional groups attached to an aromatic ring is 1. The Hall–Kier alpha value is -1.22. The molecule has 0 radical (unpaired) electrons. The van der Waals surface area contributed by atoms with E-state index in [1.807, 2.05) is 27.7 Å². The maximum atomic E-state index is 6.05. The Labute approximate surface area is 126 Å². The van der Waals surface area contributed by atoms with Crippen LogP contribution in [0.4, 0.5) is 11.4 Å². The van der Waals surface area contributed by atoms with E-state index in [2.05, 4.69) is 56.1 Å². The Kier molecular flexibility index (Phi) is 13.5. The van der Waals surface area contributed by atoms with E-state index >= 15 is 0 Å². The zero-order valence-electron chi connectivity index (χ0n) is 14.8. The number of hydrogen-bond donors (Lipinski definition) is 1. The van der Waals surface area contributed by atoms with Crippen molar-refractivity contribution in [2.45, 2.75) is 41.0 Å². The van der Waals surface area contributed by atoms with Gasteiger partial charge in [0.25, 0.3) is 0 Å². The van der Waals surface area contributed by atoms with E-state index in [4.69, 9.17) is 5.73 Å². The molecule has 0 fully saturated rings. The Morgan fingerprint density at radius 3 is 1.90 bits per heavy atom. The summed E-state index contributed by atoms with van der Waals surface area (Å²) in [7, 11) is 6.25. The van der Waals surface area contributed by atoms with Crippen molar-refractivity contribution in [1.29, 1.82) is 0 Å². The summed E-state index contributed by atoms with van der Waals surface area (Å²) >= 11 is 0. The van der Waals surface area contributed by atoms with Gasteiger partial charge in [0.15, 0.2) is 0 Å². The number of aryl methyl sites for hydroxylation is 1. The summed E-state index contributed by atoms with van der Waals surface area (Å²) in [6.45, 7) is 12.2. The molecule has 0 atom stereocenters. The van der Waals surface area contributed by atoms with Gasteiger partial charge in [-0.2, -0.15) is 0 Å². The molecule has 118 valence electrons. The van der Waals surface area contributed by atoms with Crippen LogP contribution in [0.1, 0.15) is 40.2 Å². The van der Waals surface area contributed by atoms with Crippen LogP contribution in [0.2, 0.25) is 0 Å². The van der Waals surface area contributed by atoms with Crippen molar-refractivity contribution in [1.82, 2.24) is 4.90 Å². The largest absolute Gasteiger partial charge is 0.397 e. The number of anilines is 2. The SMILES string of the molecule is CC.CC.CCc1ccc(N(C)CCN(C)C)c(N)c1. The van der Waals surface area contributed by atoms with E-state index < -0.39 is 0 Å². The van der Waals surface area contributed by atoms with Crippen LogP contribution >= 0.6 is 0 Å². The van der Waals surface area contributed by atoms with Gasteiger partial charge in [0.05, 0.1) is 11.4 Å². The van der Waals surface area contributed by atoms with Crippen molar-refractivity contribution in [3.8, 4) is 0 Å². The Morgan fingerprint density at radius 2 is 1.50 bits per heavy atom. The van der Waals surface area contributed by atoms with Crippen molar-refractivity contribution in [3.05, 3.63) is 23.8 Å². The first-order valence-corrected chi connectivity index (χ1v) is 7.79. The number of benzene rings is 1. The molecule has 3 heteroatoms. The second-order valence-electron chi connectivity index (χ2n) is 4.47. The first-order valence-electron chi connectivity index (χ1n) is 7.79.